The molecular weight excluding hydrogens is 364 g/mol. The molecule has 0 aromatic carbocycles. The van der Waals surface area contributed by atoms with E-state index in [-0.39, 0.29) is 17.3 Å². The van der Waals surface area contributed by atoms with E-state index in [1.54, 1.807) is 13.2 Å². The molecule has 1 N–H and O–H groups in total. The average molecular weight is 399 g/mol. The summed E-state index contributed by atoms with van der Waals surface area (Å²) >= 11 is 0. The van der Waals surface area contributed by atoms with Gasteiger partial charge in [0, 0.05) is 0 Å². The largest absolute Gasteiger partial charge is 0.504 e. The van der Waals surface area contributed by atoms with Crippen LogP contribution in [-0.2, 0) is 16.0 Å². The van der Waals surface area contributed by atoms with Crippen molar-refractivity contribution in [1.82, 2.24) is 0 Å². The van der Waals surface area contributed by atoms with Gasteiger partial charge in [0.05, 0.1) is 18.1 Å². The summed E-state index contributed by atoms with van der Waals surface area (Å²) in [4.78, 5) is 11.4. The number of furan rings is 1. The van der Waals surface area contributed by atoms with Crippen LogP contribution in [-0.4, -0.2) is 11.1 Å². The van der Waals surface area contributed by atoms with Gasteiger partial charge in [-0.1, -0.05) is 30.2 Å². The van der Waals surface area contributed by atoms with Crippen molar-refractivity contribution in [3.05, 3.63) is 70.6 Å². The van der Waals surface area contributed by atoms with Gasteiger partial charge in [-0.15, -0.1) is 0 Å². The Kier molecular flexibility index (Phi) is 9.04. The maximum atomic E-state index is 11.4. The van der Waals surface area contributed by atoms with Crippen LogP contribution in [0.2, 0.25) is 0 Å². The van der Waals surface area contributed by atoms with E-state index >= 15 is 0 Å². The normalized spacial score (nSPS) is 17.9. The minimum absolute atomic E-state index is 0.0273. The van der Waals surface area contributed by atoms with Gasteiger partial charge in [0.15, 0.2) is 11.5 Å². The van der Waals surface area contributed by atoms with Crippen LogP contribution in [0.5, 0.6) is 0 Å². The Morgan fingerprint density at radius 1 is 1.17 bits per heavy atom. The van der Waals surface area contributed by atoms with Crippen molar-refractivity contribution in [2.45, 2.75) is 72.6 Å². The van der Waals surface area contributed by atoms with Crippen LogP contribution in [0.15, 0.2) is 69.5 Å². The smallest absolute Gasteiger partial charge is 0.343 e. The topological polar surface area (TPSA) is 59.7 Å². The molecule has 0 fully saturated rings. The highest BCUT2D eigenvalue weighted by molar-refractivity contribution is 5.93. The van der Waals surface area contributed by atoms with Crippen molar-refractivity contribution >= 4 is 5.97 Å². The molecule has 0 spiro atoms. The van der Waals surface area contributed by atoms with Crippen molar-refractivity contribution in [3.63, 3.8) is 0 Å². The summed E-state index contributed by atoms with van der Waals surface area (Å²) in [5.74, 6) is 0.0448. The monoisotopic (exact) mass is 398 g/mol. The molecule has 0 radical (unpaired) electrons. The van der Waals surface area contributed by atoms with Gasteiger partial charge in [0.25, 0.3) is 0 Å². The van der Waals surface area contributed by atoms with Crippen LogP contribution in [0.1, 0.15) is 71.8 Å². The molecule has 1 aromatic heterocycles. The van der Waals surface area contributed by atoms with E-state index in [1.807, 2.05) is 18.4 Å². The molecule has 4 nitrogen and oxygen atoms in total. The Morgan fingerprint density at radius 2 is 1.90 bits per heavy atom. The van der Waals surface area contributed by atoms with Gasteiger partial charge in [-0.25, -0.2) is 4.79 Å². The maximum Gasteiger partial charge on any atom is 0.343 e. The molecule has 29 heavy (non-hydrogen) atoms. The van der Waals surface area contributed by atoms with Crippen LogP contribution in [0.3, 0.4) is 0 Å². The molecule has 2 heterocycles. The third kappa shape index (κ3) is 7.80. The Balaban J connectivity index is 1.64. The molecule has 0 bridgehead atoms. The highest BCUT2D eigenvalue weighted by Gasteiger charge is 2.26. The summed E-state index contributed by atoms with van der Waals surface area (Å²) in [5, 5.41) is 9.88. The second-order valence-corrected chi connectivity index (χ2v) is 8.07. The lowest BCUT2D eigenvalue weighted by atomic mass is 10.0. The van der Waals surface area contributed by atoms with Crippen molar-refractivity contribution in [3.8, 4) is 0 Å². The number of aryl methyl sites for hydroxylation is 1. The maximum absolute atomic E-state index is 11.4. The molecule has 1 aliphatic heterocycles. The van der Waals surface area contributed by atoms with Gasteiger partial charge >= 0.3 is 5.97 Å². The Bertz CT molecular complexity index is 791. The predicted octanol–water partition coefficient (Wildman–Crippen LogP) is 6.96. The Labute approximate surface area is 174 Å². The summed E-state index contributed by atoms with van der Waals surface area (Å²) in [7, 11) is 0. The zero-order chi connectivity index (χ0) is 21.2. The highest BCUT2D eigenvalue weighted by Crippen LogP contribution is 2.26. The van der Waals surface area contributed by atoms with Crippen molar-refractivity contribution in [1.29, 1.82) is 0 Å². The molecule has 4 heteroatoms. The van der Waals surface area contributed by atoms with Crippen molar-refractivity contribution < 1.29 is 19.1 Å². The first kappa shape index (κ1) is 22.8. The van der Waals surface area contributed by atoms with E-state index in [9.17, 15) is 9.90 Å². The van der Waals surface area contributed by atoms with E-state index in [0.717, 1.165) is 44.9 Å². The zero-order valence-corrected chi connectivity index (χ0v) is 18.2. The van der Waals surface area contributed by atoms with Crippen LogP contribution in [0.25, 0.3) is 0 Å². The molecule has 1 aliphatic rings. The van der Waals surface area contributed by atoms with Crippen LogP contribution in [0, 0.1) is 5.92 Å². The van der Waals surface area contributed by atoms with Gasteiger partial charge < -0.3 is 14.3 Å². The van der Waals surface area contributed by atoms with E-state index < -0.39 is 5.97 Å². The number of aliphatic hydroxyl groups excluding tert-OH is 1. The van der Waals surface area contributed by atoms with Gasteiger partial charge in [-0.3, -0.25) is 0 Å². The standard InChI is InChI=1S/C25H34O4/c1-18(8-5-9-19(2)11-7-13-22-14-15-28-17-22)10-6-12-20(3)16-23-24(26)21(4)25(27)29-23/h9-10,14-17,20,26H,5-8,11-13H2,1-4H3/b18-10+,19-9+,23-16-/t20-/m1/s1. The lowest BCUT2D eigenvalue weighted by Gasteiger charge is -2.07. The van der Waals surface area contributed by atoms with Crippen molar-refractivity contribution in [2.75, 3.05) is 0 Å². The third-order valence-electron chi connectivity index (χ3n) is 5.30. The molecule has 1 aromatic rings. The van der Waals surface area contributed by atoms with Crippen LogP contribution >= 0.6 is 0 Å². The Hall–Kier alpha value is -2.49. The molecule has 0 unspecified atom stereocenters. The summed E-state index contributed by atoms with van der Waals surface area (Å²) in [5.41, 5.74) is 4.41. The number of hydrogen-bond donors (Lipinski definition) is 1. The van der Waals surface area contributed by atoms with Crippen molar-refractivity contribution in [2.24, 2.45) is 5.92 Å². The Morgan fingerprint density at radius 3 is 2.55 bits per heavy atom. The fourth-order valence-corrected chi connectivity index (χ4v) is 3.31. The number of rotatable bonds is 11. The zero-order valence-electron chi connectivity index (χ0n) is 18.2. The molecule has 0 amide bonds. The lowest BCUT2D eigenvalue weighted by molar-refractivity contribution is -0.133. The molecule has 0 aliphatic carbocycles. The molecule has 0 saturated heterocycles. The summed E-state index contributed by atoms with van der Waals surface area (Å²) < 4.78 is 10.2. The van der Waals surface area contributed by atoms with Crippen LogP contribution in [0.4, 0.5) is 0 Å². The lowest BCUT2D eigenvalue weighted by Crippen LogP contribution is -1.97. The number of cyclic esters (lactones) is 1. The van der Waals surface area contributed by atoms with Crippen LogP contribution < -0.4 is 0 Å². The number of allylic oxidation sites excluding steroid dienone is 5. The minimum Gasteiger partial charge on any atom is -0.504 e. The second-order valence-electron chi connectivity index (χ2n) is 8.07. The second kappa shape index (κ2) is 11.5. The number of hydrogen-bond acceptors (Lipinski definition) is 4. The molecule has 158 valence electrons. The fourth-order valence-electron chi connectivity index (χ4n) is 3.31. The summed E-state index contributed by atoms with van der Waals surface area (Å²) in [6.45, 7) is 8.04. The van der Waals surface area contributed by atoms with E-state index in [4.69, 9.17) is 9.15 Å². The quantitative estimate of drug-likeness (QED) is 0.323. The van der Waals surface area contributed by atoms with Gasteiger partial charge in [0.1, 0.15) is 0 Å². The summed E-state index contributed by atoms with van der Waals surface area (Å²) in [6, 6.07) is 2.03. The van der Waals surface area contributed by atoms with E-state index in [0.29, 0.717) is 5.76 Å². The number of aliphatic hydroxyl groups is 1. The first-order valence-corrected chi connectivity index (χ1v) is 10.5. The van der Waals surface area contributed by atoms with Gasteiger partial charge in [-0.05, 0) is 89.3 Å². The minimum atomic E-state index is -0.457. The molecule has 2 rings (SSSR count). The molecule has 0 saturated carbocycles. The number of carbonyl (C=O) groups is 1. The van der Waals surface area contributed by atoms with E-state index in [1.165, 1.54) is 16.7 Å². The number of esters is 1. The third-order valence-corrected chi connectivity index (χ3v) is 5.30. The number of carbonyl (C=O) groups excluding carboxylic acids is 1. The molecule has 1 atom stereocenters. The molecular formula is C25H34O4. The predicted molar refractivity (Wildman–Crippen MR) is 116 cm³/mol. The number of ether oxygens (including phenoxy) is 1. The van der Waals surface area contributed by atoms with E-state index in [2.05, 4.69) is 32.9 Å². The SMILES string of the molecule is CC1=C(O)/C(=C/[C@H](C)CC/C=C(\C)CC/C=C(\C)CCCc2ccoc2)OC1=O. The van der Waals surface area contributed by atoms with Gasteiger partial charge in [-0.2, -0.15) is 0 Å². The average Bonchev–Trinajstić information content (AvgIpc) is 3.27. The fraction of sp³-hybridized carbons (Fsp3) is 0.480. The highest BCUT2D eigenvalue weighted by atomic mass is 16.6. The first-order chi connectivity index (χ1) is 13.9. The van der Waals surface area contributed by atoms with Gasteiger partial charge in [0.2, 0.25) is 0 Å². The first-order valence-electron chi connectivity index (χ1n) is 10.5. The summed E-state index contributed by atoms with van der Waals surface area (Å²) in [6.07, 6.45) is 17.5.